The highest BCUT2D eigenvalue weighted by atomic mass is 16.7. The van der Waals surface area contributed by atoms with E-state index in [0.717, 1.165) is 138 Å². The second kappa shape index (κ2) is 21.0. The molecule has 0 amide bonds. The zero-order valence-electron chi connectivity index (χ0n) is 35.9. The molecule has 0 atom stereocenters. The van der Waals surface area contributed by atoms with E-state index in [1.807, 2.05) is 36.4 Å². The minimum absolute atomic E-state index is 0.150. The first-order chi connectivity index (χ1) is 30.3. The molecule has 4 aliphatic heterocycles. The first-order valence-electron chi connectivity index (χ1n) is 22.8. The summed E-state index contributed by atoms with van der Waals surface area (Å²) in [5, 5.41) is 3.09. The van der Waals surface area contributed by atoms with Gasteiger partial charge in [-0.2, -0.15) is 0 Å². The topological polar surface area (TPSA) is 99.7 Å². The Morgan fingerprint density at radius 3 is 1.32 bits per heavy atom. The van der Waals surface area contributed by atoms with Crippen molar-refractivity contribution >= 4 is 34.9 Å². The van der Waals surface area contributed by atoms with Gasteiger partial charge in [0.1, 0.15) is 0 Å². The van der Waals surface area contributed by atoms with Crippen molar-refractivity contribution in [3.05, 3.63) is 143 Å². The summed E-state index contributed by atoms with van der Waals surface area (Å²) in [5.74, 6) is 0.0400. The molecule has 2 fully saturated rings. The summed E-state index contributed by atoms with van der Waals surface area (Å²) in [6.45, 7) is 7.23. The Morgan fingerprint density at radius 1 is 0.516 bits per heavy atom. The number of nitrogens with zero attached hydrogens (tertiary/aromatic N) is 4. The molecule has 0 spiro atoms. The molecule has 0 radical (unpaired) electrons. The van der Waals surface area contributed by atoms with Crippen LogP contribution in [0.25, 0.3) is 0 Å². The van der Waals surface area contributed by atoms with Crippen molar-refractivity contribution in [1.29, 1.82) is 0 Å². The highest BCUT2D eigenvalue weighted by Gasteiger charge is 2.26. The van der Waals surface area contributed by atoms with Gasteiger partial charge in [0, 0.05) is 49.2 Å². The van der Waals surface area contributed by atoms with Crippen molar-refractivity contribution in [2.24, 2.45) is 11.8 Å². The number of likely N-dealkylation sites (tertiary alicyclic amines) is 2. The van der Waals surface area contributed by atoms with Gasteiger partial charge in [0.15, 0.2) is 11.6 Å². The Bertz CT molecular complexity index is 2040. The highest BCUT2D eigenvalue weighted by molar-refractivity contribution is 5.97. The number of ketones is 2. The van der Waals surface area contributed by atoms with E-state index < -0.39 is 11.9 Å². The number of benzene rings is 4. The lowest BCUT2D eigenvalue weighted by Gasteiger charge is -2.32. The molecule has 0 bridgehead atoms. The van der Waals surface area contributed by atoms with E-state index in [2.05, 4.69) is 70.5 Å². The molecule has 0 saturated carbocycles. The fourth-order valence-corrected chi connectivity index (χ4v) is 9.58. The number of rotatable bonds is 16. The fourth-order valence-electron chi connectivity index (χ4n) is 9.58. The minimum atomic E-state index is -0.690. The molecule has 0 aromatic heterocycles. The summed E-state index contributed by atoms with van der Waals surface area (Å²) in [6.07, 6.45) is 12.6. The maximum atomic E-state index is 13.3. The standard InChI is InChI=1S/C52H60N4O6/c57-49(21-15-39-25-31-53(32-26-39)37-41-9-3-1-4-10-41)45-17-19-47-43(35-45)13-7-29-55(47)61-51(59)23-24-52(60)62-56-30-8-14-44-36-46(18-20-48(44)56)50(58)22-16-40-27-33-54(34-28-40)38-42-11-5-2-6-12-42/h1-6,9-12,17-20,23-24,35-36,39-40H,7-8,13-16,21-22,25-34,37-38H2/b24-23+. The summed E-state index contributed by atoms with van der Waals surface area (Å²) < 4.78 is 0. The van der Waals surface area contributed by atoms with Gasteiger partial charge in [0.2, 0.25) is 0 Å². The second-order valence-electron chi connectivity index (χ2n) is 17.6. The molecule has 4 aromatic carbocycles. The highest BCUT2D eigenvalue weighted by Crippen LogP contribution is 2.32. The Balaban J connectivity index is 0.762. The van der Waals surface area contributed by atoms with Crippen LogP contribution in [0.2, 0.25) is 0 Å². The number of fused-ring (bicyclic) bond motifs is 2. The molecule has 324 valence electrons. The minimum Gasteiger partial charge on any atom is -0.336 e. The molecular formula is C52H60N4O6. The third-order valence-corrected chi connectivity index (χ3v) is 13.2. The number of Topliss-reactive ketones (excluding diaryl/α,β-unsaturated/α-hetero) is 2. The molecule has 10 nitrogen and oxygen atoms in total. The van der Waals surface area contributed by atoms with Crippen LogP contribution in [-0.2, 0) is 45.2 Å². The van der Waals surface area contributed by atoms with Gasteiger partial charge in [-0.25, -0.2) is 19.7 Å². The molecule has 4 heterocycles. The number of aryl methyl sites for hydroxylation is 2. The predicted octanol–water partition coefficient (Wildman–Crippen LogP) is 9.11. The van der Waals surface area contributed by atoms with Crippen molar-refractivity contribution in [1.82, 2.24) is 9.80 Å². The van der Waals surface area contributed by atoms with Crippen LogP contribution in [0.3, 0.4) is 0 Å². The lowest BCUT2D eigenvalue weighted by Crippen LogP contribution is -2.33. The van der Waals surface area contributed by atoms with E-state index in [1.165, 1.54) is 11.1 Å². The molecule has 4 aromatic rings. The van der Waals surface area contributed by atoms with Crippen molar-refractivity contribution in [2.75, 3.05) is 49.4 Å². The third kappa shape index (κ3) is 11.7. The number of piperidine rings is 2. The van der Waals surface area contributed by atoms with Crippen molar-refractivity contribution in [3.63, 3.8) is 0 Å². The first-order valence-corrected chi connectivity index (χ1v) is 22.8. The van der Waals surface area contributed by atoms with E-state index in [-0.39, 0.29) is 11.6 Å². The smallest absolute Gasteiger partial charge is 0.336 e. The van der Waals surface area contributed by atoms with Gasteiger partial charge in [-0.3, -0.25) is 19.4 Å². The number of hydroxylamine groups is 2. The largest absolute Gasteiger partial charge is 0.356 e. The fraction of sp³-hybridized carbons (Fsp3) is 0.423. The van der Waals surface area contributed by atoms with Crippen molar-refractivity contribution in [2.45, 2.75) is 90.1 Å². The molecular weight excluding hydrogens is 777 g/mol. The average molecular weight is 837 g/mol. The maximum Gasteiger partial charge on any atom is 0.356 e. The van der Waals surface area contributed by atoms with Crippen LogP contribution in [0.15, 0.2) is 109 Å². The Labute approximate surface area is 366 Å². The van der Waals surface area contributed by atoms with E-state index >= 15 is 0 Å². The van der Waals surface area contributed by atoms with Crippen LogP contribution in [0.4, 0.5) is 11.4 Å². The zero-order valence-corrected chi connectivity index (χ0v) is 35.9. The molecule has 0 aliphatic carbocycles. The van der Waals surface area contributed by atoms with Crippen LogP contribution in [0, 0.1) is 11.8 Å². The van der Waals surface area contributed by atoms with Crippen LogP contribution in [-0.4, -0.2) is 72.6 Å². The predicted molar refractivity (Wildman–Crippen MR) is 242 cm³/mol. The molecule has 8 rings (SSSR count). The summed E-state index contributed by atoms with van der Waals surface area (Å²) in [4.78, 5) is 68.7. The molecule has 2 saturated heterocycles. The van der Waals surface area contributed by atoms with Gasteiger partial charge < -0.3 is 9.68 Å². The van der Waals surface area contributed by atoms with E-state index in [1.54, 1.807) is 10.1 Å². The monoisotopic (exact) mass is 836 g/mol. The number of hydrogen-bond donors (Lipinski definition) is 0. The number of carbonyl (C=O) groups is 4. The SMILES string of the molecule is O=C(/C=C/C(=O)ON1CCCc2cc(C(=O)CCC3CCN(Cc4ccccc4)CC3)ccc21)ON1CCCc2cc(C(=O)CCC3CCN(Cc4ccccc4)CC3)ccc21. The average Bonchev–Trinajstić information content (AvgIpc) is 3.31. The van der Waals surface area contributed by atoms with E-state index in [0.29, 0.717) is 48.9 Å². The first kappa shape index (κ1) is 43.1. The normalized spacial score (nSPS) is 17.7. The zero-order chi connectivity index (χ0) is 42.7. The van der Waals surface area contributed by atoms with Gasteiger partial charge in [-0.05, 0) is 161 Å². The maximum absolute atomic E-state index is 13.3. The molecule has 62 heavy (non-hydrogen) atoms. The van der Waals surface area contributed by atoms with Gasteiger partial charge in [-0.15, -0.1) is 0 Å². The van der Waals surface area contributed by atoms with Gasteiger partial charge in [0.25, 0.3) is 0 Å². The summed E-state index contributed by atoms with van der Waals surface area (Å²) in [6, 6.07) is 32.4. The van der Waals surface area contributed by atoms with Crippen molar-refractivity contribution in [3.8, 4) is 0 Å². The van der Waals surface area contributed by atoms with Crippen LogP contribution in [0.1, 0.15) is 107 Å². The summed E-state index contributed by atoms with van der Waals surface area (Å²) >= 11 is 0. The van der Waals surface area contributed by atoms with Gasteiger partial charge in [0.05, 0.1) is 24.5 Å². The number of anilines is 2. The quantitative estimate of drug-likeness (QED) is 0.0803. The lowest BCUT2D eigenvalue weighted by atomic mass is 9.89. The number of hydrogen-bond acceptors (Lipinski definition) is 10. The number of carbonyl (C=O) groups excluding carboxylic acids is 4. The summed E-state index contributed by atoms with van der Waals surface area (Å²) in [5.41, 5.74) is 7.53. The van der Waals surface area contributed by atoms with E-state index in [4.69, 9.17) is 9.68 Å². The second-order valence-corrected chi connectivity index (χ2v) is 17.6. The van der Waals surface area contributed by atoms with Gasteiger partial charge >= 0.3 is 11.9 Å². The molecule has 4 aliphatic rings. The van der Waals surface area contributed by atoms with E-state index in [9.17, 15) is 19.2 Å². The molecule has 0 unspecified atom stereocenters. The Morgan fingerprint density at radius 2 is 0.919 bits per heavy atom. The third-order valence-electron chi connectivity index (χ3n) is 13.2. The Hall–Kier alpha value is -5.58. The van der Waals surface area contributed by atoms with Crippen LogP contribution >= 0.6 is 0 Å². The van der Waals surface area contributed by atoms with Gasteiger partial charge in [-0.1, -0.05) is 60.7 Å². The van der Waals surface area contributed by atoms with Crippen LogP contribution < -0.4 is 10.1 Å². The summed E-state index contributed by atoms with van der Waals surface area (Å²) in [7, 11) is 0. The molecule has 0 N–H and O–H groups in total. The van der Waals surface area contributed by atoms with Crippen molar-refractivity contribution < 1.29 is 28.9 Å². The Kier molecular flexibility index (Phi) is 14.6. The lowest BCUT2D eigenvalue weighted by molar-refractivity contribution is -0.142. The molecule has 10 heteroatoms. The van der Waals surface area contributed by atoms with Crippen LogP contribution in [0.5, 0.6) is 0 Å².